The smallest absolute Gasteiger partial charge is 0.335 e. The lowest BCUT2D eigenvalue weighted by atomic mass is 9.91. The van der Waals surface area contributed by atoms with Crippen LogP contribution in [-0.2, 0) is 43.2 Å². The Labute approximate surface area is 332 Å². The van der Waals surface area contributed by atoms with Gasteiger partial charge in [0.25, 0.3) is 0 Å². The molecule has 15 heteroatoms. The van der Waals surface area contributed by atoms with E-state index >= 15 is 0 Å². The van der Waals surface area contributed by atoms with E-state index in [9.17, 15) is 39.9 Å². The van der Waals surface area contributed by atoms with Crippen LogP contribution in [0.5, 0.6) is 0 Å². The lowest BCUT2D eigenvalue weighted by molar-refractivity contribution is -0.305. The lowest BCUT2D eigenvalue weighted by Crippen LogP contribution is -2.62. The molecule has 2 fully saturated rings. The third kappa shape index (κ3) is 10.8. The summed E-state index contributed by atoms with van der Waals surface area (Å²) in [6, 6.07) is 19.4. The Bertz CT molecular complexity index is 1810. The van der Waals surface area contributed by atoms with Crippen LogP contribution >= 0.6 is 0 Å². The first-order chi connectivity index (χ1) is 27.2. The first-order valence-electron chi connectivity index (χ1n) is 19.5. The Balaban J connectivity index is 1.19. The van der Waals surface area contributed by atoms with Crippen molar-refractivity contribution in [2.24, 2.45) is 5.92 Å². The van der Waals surface area contributed by atoms with Gasteiger partial charge in [0.2, 0.25) is 11.8 Å². The highest BCUT2D eigenvalue weighted by Gasteiger charge is 2.49. The van der Waals surface area contributed by atoms with Crippen molar-refractivity contribution in [3.05, 3.63) is 101 Å². The number of piperazine rings is 1. The monoisotopic (exact) mass is 789 g/mol. The molecule has 1 aliphatic carbocycles. The predicted octanol–water partition coefficient (Wildman–Crippen LogP) is 0.783. The minimum absolute atomic E-state index is 0.0823. The molecule has 1 aromatic heterocycles. The molecule has 0 bridgehead atoms. The van der Waals surface area contributed by atoms with E-state index in [1.165, 1.54) is 0 Å². The maximum atomic E-state index is 14.4. The molecule has 3 aliphatic rings. The fourth-order valence-electron chi connectivity index (χ4n) is 8.01. The van der Waals surface area contributed by atoms with Crippen LogP contribution in [0.3, 0.4) is 0 Å². The first kappa shape index (κ1) is 42.3. The molecule has 6 rings (SSSR count). The van der Waals surface area contributed by atoms with Crippen molar-refractivity contribution < 1.29 is 49.4 Å². The number of aliphatic hydroxyl groups is 4. The van der Waals surface area contributed by atoms with Crippen LogP contribution in [0.15, 0.2) is 79.1 Å². The second-order valence-electron chi connectivity index (χ2n) is 16.4. The summed E-state index contributed by atoms with van der Waals surface area (Å²) in [6.07, 6.45) is -6.55. The van der Waals surface area contributed by atoms with Gasteiger partial charge >= 0.3 is 5.97 Å². The van der Waals surface area contributed by atoms with Gasteiger partial charge in [-0.15, -0.1) is 0 Å². The lowest BCUT2D eigenvalue weighted by Gasteiger charge is -2.42. The van der Waals surface area contributed by atoms with E-state index in [4.69, 9.17) is 9.47 Å². The molecule has 0 saturated carbocycles. The van der Waals surface area contributed by atoms with E-state index in [0.29, 0.717) is 32.6 Å². The largest absolute Gasteiger partial charge is 0.479 e. The number of aromatic nitrogens is 1. The molecular weight excluding hydrogens is 734 g/mol. The highest BCUT2D eigenvalue weighted by atomic mass is 16.7. The molecule has 7 N–H and O–H groups in total. The molecule has 3 heterocycles. The minimum Gasteiger partial charge on any atom is -0.479 e. The topological polar surface area (TPSA) is 214 Å². The maximum absolute atomic E-state index is 14.4. The number of fused-ring (bicyclic) bond motifs is 1. The van der Waals surface area contributed by atoms with Gasteiger partial charge in [0.1, 0.15) is 24.4 Å². The van der Waals surface area contributed by atoms with E-state index in [-0.39, 0.29) is 31.2 Å². The number of carboxylic acids is 1. The van der Waals surface area contributed by atoms with Gasteiger partial charge in [-0.25, -0.2) is 4.79 Å². The number of hydrogen-bond donors (Lipinski definition) is 7. The Morgan fingerprint density at radius 1 is 0.947 bits per heavy atom. The van der Waals surface area contributed by atoms with Crippen LogP contribution in [0.2, 0.25) is 0 Å². The zero-order valence-electron chi connectivity index (χ0n) is 32.6. The molecule has 57 heavy (non-hydrogen) atoms. The Kier molecular flexibility index (Phi) is 13.7. The molecular formula is C42H55N5O10. The second-order valence-corrected chi connectivity index (χ2v) is 16.4. The molecule has 2 aliphatic heterocycles. The van der Waals surface area contributed by atoms with Crippen molar-refractivity contribution in [1.29, 1.82) is 0 Å². The third-order valence-corrected chi connectivity index (χ3v) is 10.8. The number of amides is 2. The number of aliphatic carboxylic acids is 1. The van der Waals surface area contributed by atoms with Gasteiger partial charge in [-0.05, 0) is 61.9 Å². The van der Waals surface area contributed by atoms with Gasteiger partial charge in [0.05, 0.1) is 18.2 Å². The number of β-amino-alcohol motifs (C(OH)–C–C–N with tert-alkyl or cyclic N) is 1. The van der Waals surface area contributed by atoms with Crippen LogP contribution in [0.4, 0.5) is 0 Å². The summed E-state index contributed by atoms with van der Waals surface area (Å²) in [7, 11) is 0. The van der Waals surface area contributed by atoms with Gasteiger partial charge in [-0.1, -0.05) is 60.7 Å². The molecule has 15 nitrogen and oxygen atoms in total. The summed E-state index contributed by atoms with van der Waals surface area (Å²) in [6.45, 7) is 8.21. The summed E-state index contributed by atoms with van der Waals surface area (Å²) >= 11 is 0. The third-order valence-electron chi connectivity index (χ3n) is 10.8. The molecule has 0 radical (unpaired) electrons. The average molecular weight is 790 g/mol. The molecule has 10 atom stereocenters. The van der Waals surface area contributed by atoms with Crippen molar-refractivity contribution in [3.63, 3.8) is 0 Å². The number of rotatable bonds is 14. The molecule has 3 aromatic rings. The van der Waals surface area contributed by atoms with E-state index in [1.807, 2.05) is 98.6 Å². The number of carboxylic acid groups (broad SMARTS) is 1. The number of carbonyl (C=O) groups is 3. The summed E-state index contributed by atoms with van der Waals surface area (Å²) in [5.74, 6) is -2.74. The highest BCUT2D eigenvalue weighted by molar-refractivity contribution is 5.83. The van der Waals surface area contributed by atoms with E-state index in [1.54, 1.807) is 6.20 Å². The first-order valence-corrected chi connectivity index (χ1v) is 19.5. The highest BCUT2D eigenvalue weighted by Crippen LogP contribution is 2.36. The fourth-order valence-corrected chi connectivity index (χ4v) is 8.01. The number of nitrogens with zero attached hydrogens (tertiary/aromatic N) is 3. The average Bonchev–Trinajstić information content (AvgIpc) is 3.51. The van der Waals surface area contributed by atoms with Crippen molar-refractivity contribution in [2.75, 3.05) is 26.2 Å². The SMILES string of the molecule is CC(C)(C)NC(=O)[C@@H]1CN(Cc2cccnc2)CCN1C[C@@H](O)C[C@@H](Cc1ccccc1)C(=O)N[C@H]1c2ccccc2C[C@H]1O[C@H]1O[C@H](C(=O)O)[C@@H](O)[C@H](O)[C@H]1O. The molecule has 308 valence electrons. The summed E-state index contributed by atoms with van der Waals surface area (Å²) in [5.41, 5.74) is 3.08. The van der Waals surface area contributed by atoms with Crippen LogP contribution in [0, 0.1) is 5.92 Å². The Morgan fingerprint density at radius 3 is 2.37 bits per heavy atom. The molecule has 2 amide bonds. The zero-order chi connectivity index (χ0) is 40.9. The van der Waals surface area contributed by atoms with Crippen LogP contribution in [0.25, 0.3) is 0 Å². The number of ether oxygens (including phenoxy) is 2. The van der Waals surface area contributed by atoms with E-state index in [2.05, 4.69) is 20.5 Å². The zero-order valence-corrected chi connectivity index (χ0v) is 32.6. The number of carbonyl (C=O) groups excluding carboxylic acids is 2. The van der Waals surface area contributed by atoms with Gasteiger partial charge in [-0.2, -0.15) is 0 Å². The number of hydrogen-bond acceptors (Lipinski definition) is 12. The molecule has 0 spiro atoms. The molecule has 2 saturated heterocycles. The Hall–Kier alpha value is -4.32. The number of aliphatic hydroxyl groups excluding tert-OH is 4. The van der Waals surface area contributed by atoms with Crippen molar-refractivity contribution in [3.8, 4) is 0 Å². The summed E-state index contributed by atoms with van der Waals surface area (Å²) < 4.78 is 11.6. The fraction of sp³-hybridized carbons (Fsp3) is 0.524. The van der Waals surface area contributed by atoms with Gasteiger partial charge in [-0.3, -0.25) is 24.4 Å². The second kappa shape index (κ2) is 18.5. The van der Waals surface area contributed by atoms with Crippen LogP contribution in [-0.4, -0.2) is 139 Å². The summed E-state index contributed by atoms with van der Waals surface area (Å²) in [5, 5.41) is 58.9. The van der Waals surface area contributed by atoms with Crippen molar-refractivity contribution >= 4 is 17.8 Å². The number of benzene rings is 2. The number of pyridine rings is 1. The van der Waals surface area contributed by atoms with E-state index in [0.717, 1.165) is 22.3 Å². The Morgan fingerprint density at radius 2 is 1.67 bits per heavy atom. The van der Waals surface area contributed by atoms with Crippen LogP contribution < -0.4 is 10.6 Å². The molecule has 2 aromatic carbocycles. The standard InChI is InChI=1S/C42H55N5O10/c1-42(2,3)45-39(53)31-24-46(22-26-12-9-15-43-21-26)16-17-47(31)23-29(48)19-28(18-25-10-5-4-6-11-25)38(52)44-33-30-14-8-7-13-27(30)20-32(33)56-41-36(51)34(49)35(50)37(57-41)40(54)55/h4-15,21,28-29,31-37,41,48-51H,16-20,22-24H2,1-3H3,(H,44,52)(H,45,53)(H,54,55)/t28-,29+,31+,32-,33+,34+,35+,36-,37+,41+/m1/s1. The normalized spacial score (nSPS) is 27.9. The minimum atomic E-state index is -1.88. The quantitative estimate of drug-likeness (QED) is 0.121. The van der Waals surface area contributed by atoms with Crippen LogP contribution in [0.1, 0.15) is 55.5 Å². The van der Waals surface area contributed by atoms with Gasteiger partial charge < -0.3 is 45.6 Å². The van der Waals surface area contributed by atoms with Gasteiger partial charge in [0.15, 0.2) is 12.4 Å². The molecule has 0 unspecified atom stereocenters. The maximum Gasteiger partial charge on any atom is 0.335 e. The number of nitrogens with one attached hydrogen (secondary N) is 2. The predicted molar refractivity (Wildman–Crippen MR) is 207 cm³/mol. The van der Waals surface area contributed by atoms with E-state index < -0.39 is 72.4 Å². The summed E-state index contributed by atoms with van der Waals surface area (Å²) in [4.78, 5) is 48.3. The van der Waals surface area contributed by atoms with Gasteiger partial charge in [0, 0.05) is 63.0 Å². The van der Waals surface area contributed by atoms with Crippen molar-refractivity contribution in [2.45, 2.75) is 107 Å². The van der Waals surface area contributed by atoms with Crippen molar-refractivity contribution in [1.82, 2.24) is 25.4 Å².